The number of benzene rings is 3. The van der Waals surface area contributed by atoms with Gasteiger partial charge in [0, 0.05) is 6.54 Å². The van der Waals surface area contributed by atoms with Gasteiger partial charge in [-0.1, -0.05) is 72.3 Å². The summed E-state index contributed by atoms with van der Waals surface area (Å²) in [5.74, 6) is 0.556. The number of likely N-dealkylation sites (tertiary alicyclic amines) is 1. The molecule has 1 amide bonds. The van der Waals surface area contributed by atoms with Gasteiger partial charge >= 0.3 is 6.09 Å². The molecule has 0 radical (unpaired) electrons. The van der Waals surface area contributed by atoms with Crippen LogP contribution in [0.1, 0.15) is 47.1 Å². The number of nitrogens with zero attached hydrogens (tertiary/aromatic N) is 1. The highest BCUT2D eigenvalue weighted by molar-refractivity contribution is 5.71. The molecule has 3 aromatic rings. The SMILES string of the molecule is Cc1ccc(-c2ccc3c(c2)[C@H]2C[C@H]3CCN2C(=O)OCc2ccccc2)cc1. The van der Waals surface area contributed by atoms with Gasteiger partial charge < -0.3 is 9.64 Å². The Morgan fingerprint density at radius 1 is 0.966 bits per heavy atom. The molecule has 2 aliphatic rings. The molecule has 1 aliphatic carbocycles. The molecule has 1 aliphatic heterocycles. The number of piperidine rings is 1. The Bertz CT molecular complexity index is 1030. The third-order valence-corrected chi connectivity index (χ3v) is 6.31. The van der Waals surface area contributed by atoms with E-state index in [4.69, 9.17) is 4.74 Å². The smallest absolute Gasteiger partial charge is 0.410 e. The minimum atomic E-state index is -0.203. The number of hydrogen-bond acceptors (Lipinski definition) is 2. The first-order chi connectivity index (χ1) is 14.2. The topological polar surface area (TPSA) is 29.5 Å². The fourth-order valence-corrected chi connectivity index (χ4v) is 4.72. The molecule has 3 nitrogen and oxygen atoms in total. The molecule has 0 unspecified atom stereocenters. The molecule has 3 heteroatoms. The second-order valence-electron chi connectivity index (χ2n) is 8.18. The Hall–Kier alpha value is -3.07. The first kappa shape index (κ1) is 18.0. The summed E-state index contributed by atoms with van der Waals surface area (Å²) in [6.07, 6.45) is 1.81. The van der Waals surface area contributed by atoms with Crippen LogP contribution >= 0.6 is 0 Å². The Labute approximate surface area is 171 Å². The number of rotatable bonds is 3. The zero-order valence-corrected chi connectivity index (χ0v) is 16.7. The van der Waals surface area contributed by atoms with E-state index in [1.165, 1.54) is 27.8 Å². The van der Waals surface area contributed by atoms with Gasteiger partial charge in [0.15, 0.2) is 0 Å². The van der Waals surface area contributed by atoms with Crippen LogP contribution in [-0.2, 0) is 11.3 Å². The number of hydrogen-bond donors (Lipinski definition) is 0. The van der Waals surface area contributed by atoms with Crippen LogP contribution in [0.5, 0.6) is 0 Å². The highest BCUT2D eigenvalue weighted by atomic mass is 16.6. The van der Waals surface area contributed by atoms with Gasteiger partial charge in [0.1, 0.15) is 6.61 Å². The molecule has 29 heavy (non-hydrogen) atoms. The number of fused-ring (bicyclic) bond motifs is 5. The monoisotopic (exact) mass is 383 g/mol. The van der Waals surface area contributed by atoms with Crippen LogP contribution in [0, 0.1) is 6.92 Å². The standard InChI is InChI=1S/C26H25NO2/c1-18-7-9-20(10-8-18)21-11-12-23-22-13-14-27(25(16-22)24(23)15-21)26(28)29-17-19-5-3-2-4-6-19/h2-12,15,22,25H,13-14,16-17H2,1H3/t22-,25-/m1/s1. The second-order valence-corrected chi connectivity index (χ2v) is 8.18. The molecule has 1 saturated heterocycles. The van der Waals surface area contributed by atoms with E-state index in [0.717, 1.165) is 24.9 Å². The highest BCUT2D eigenvalue weighted by Gasteiger charge is 2.41. The lowest BCUT2D eigenvalue weighted by Gasteiger charge is -2.33. The summed E-state index contributed by atoms with van der Waals surface area (Å²) in [5, 5.41) is 0. The molecule has 146 valence electrons. The van der Waals surface area contributed by atoms with Crippen molar-refractivity contribution in [2.75, 3.05) is 6.54 Å². The molecular formula is C26H25NO2. The number of ether oxygens (including phenoxy) is 1. The molecule has 0 saturated carbocycles. The third kappa shape index (κ3) is 3.42. The van der Waals surface area contributed by atoms with E-state index in [-0.39, 0.29) is 12.1 Å². The predicted octanol–water partition coefficient (Wildman–Crippen LogP) is 6.23. The van der Waals surface area contributed by atoms with Crippen LogP contribution < -0.4 is 0 Å². The lowest BCUT2D eigenvalue weighted by atomic mass is 9.95. The molecule has 1 fully saturated rings. The van der Waals surface area contributed by atoms with E-state index in [2.05, 4.69) is 49.4 Å². The third-order valence-electron chi connectivity index (χ3n) is 6.31. The summed E-state index contributed by atoms with van der Waals surface area (Å²) < 4.78 is 5.65. The van der Waals surface area contributed by atoms with Gasteiger partial charge in [-0.15, -0.1) is 0 Å². The van der Waals surface area contributed by atoms with Crippen molar-refractivity contribution in [3.63, 3.8) is 0 Å². The Kier molecular flexibility index (Phi) is 4.59. The van der Waals surface area contributed by atoms with Gasteiger partial charge in [0.2, 0.25) is 0 Å². The van der Waals surface area contributed by atoms with Crippen molar-refractivity contribution in [2.24, 2.45) is 0 Å². The van der Waals surface area contributed by atoms with Crippen LogP contribution in [0.15, 0.2) is 72.8 Å². The molecule has 3 aromatic carbocycles. The fourth-order valence-electron chi connectivity index (χ4n) is 4.72. The van der Waals surface area contributed by atoms with Crippen molar-refractivity contribution >= 4 is 6.09 Å². The molecule has 0 aromatic heterocycles. The fraction of sp³-hybridized carbons (Fsp3) is 0.269. The number of amides is 1. The van der Waals surface area contributed by atoms with Crippen molar-refractivity contribution in [3.8, 4) is 11.1 Å². The second kappa shape index (κ2) is 7.40. The van der Waals surface area contributed by atoms with Crippen molar-refractivity contribution in [3.05, 3.63) is 95.1 Å². The van der Waals surface area contributed by atoms with Gasteiger partial charge in [-0.2, -0.15) is 0 Å². The minimum Gasteiger partial charge on any atom is -0.445 e. The number of carbonyl (C=O) groups excluding carboxylic acids is 1. The molecule has 5 rings (SSSR count). The van der Waals surface area contributed by atoms with Crippen LogP contribution in [-0.4, -0.2) is 17.5 Å². The number of aryl methyl sites for hydroxylation is 1. The summed E-state index contributed by atoms with van der Waals surface area (Å²) in [7, 11) is 0. The van der Waals surface area contributed by atoms with Crippen LogP contribution in [0.25, 0.3) is 11.1 Å². The zero-order chi connectivity index (χ0) is 19.8. The molecular weight excluding hydrogens is 358 g/mol. The van der Waals surface area contributed by atoms with Gasteiger partial charge in [0.25, 0.3) is 0 Å². The Balaban J connectivity index is 1.38. The van der Waals surface area contributed by atoms with E-state index < -0.39 is 0 Å². The summed E-state index contributed by atoms with van der Waals surface area (Å²) in [6.45, 7) is 3.19. The van der Waals surface area contributed by atoms with Crippen molar-refractivity contribution in [1.82, 2.24) is 4.90 Å². The molecule has 1 heterocycles. The van der Waals surface area contributed by atoms with Crippen molar-refractivity contribution in [2.45, 2.75) is 38.3 Å². The Morgan fingerprint density at radius 2 is 1.72 bits per heavy atom. The quantitative estimate of drug-likeness (QED) is 0.536. The molecule has 2 bridgehead atoms. The molecule has 0 N–H and O–H groups in total. The summed E-state index contributed by atoms with van der Waals surface area (Å²) in [6, 6.07) is 25.4. The van der Waals surface area contributed by atoms with Crippen LogP contribution in [0.2, 0.25) is 0 Å². The average Bonchev–Trinajstić information content (AvgIpc) is 3.05. The van der Waals surface area contributed by atoms with Gasteiger partial charge in [-0.25, -0.2) is 4.79 Å². The summed E-state index contributed by atoms with van der Waals surface area (Å²) in [4.78, 5) is 14.8. The highest BCUT2D eigenvalue weighted by Crippen LogP contribution is 2.50. The van der Waals surface area contributed by atoms with Gasteiger partial charge in [0.05, 0.1) is 6.04 Å². The largest absolute Gasteiger partial charge is 0.445 e. The summed E-state index contributed by atoms with van der Waals surface area (Å²) in [5.41, 5.74) is 7.42. The van der Waals surface area contributed by atoms with E-state index in [9.17, 15) is 4.79 Å². The van der Waals surface area contributed by atoms with Crippen molar-refractivity contribution in [1.29, 1.82) is 0 Å². The summed E-state index contributed by atoms with van der Waals surface area (Å²) >= 11 is 0. The van der Waals surface area contributed by atoms with Crippen LogP contribution in [0.4, 0.5) is 4.79 Å². The maximum atomic E-state index is 12.9. The molecule has 0 spiro atoms. The first-order valence-electron chi connectivity index (χ1n) is 10.4. The molecule has 2 atom stereocenters. The van der Waals surface area contributed by atoms with E-state index >= 15 is 0 Å². The van der Waals surface area contributed by atoms with E-state index in [1.54, 1.807) is 0 Å². The van der Waals surface area contributed by atoms with Crippen molar-refractivity contribution < 1.29 is 9.53 Å². The Morgan fingerprint density at radius 3 is 2.52 bits per heavy atom. The zero-order valence-electron chi connectivity index (χ0n) is 16.7. The van der Waals surface area contributed by atoms with E-state index in [0.29, 0.717) is 12.5 Å². The minimum absolute atomic E-state index is 0.123. The maximum absolute atomic E-state index is 12.9. The lowest BCUT2D eigenvalue weighted by molar-refractivity contribution is 0.0694. The predicted molar refractivity (Wildman–Crippen MR) is 115 cm³/mol. The van der Waals surface area contributed by atoms with Crippen LogP contribution in [0.3, 0.4) is 0 Å². The van der Waals surface area contributed by atoms with E-state index in [1.807, 2.05) is 35.2 Å². The lowest BCUT2D eigenvalue weighted by Crippen LogP contribution is -2.37. The van der Waals surface area contributed by atoms with Gasteiger partial charge in [-0.3, -0.25) is 0 Å². The average molecular weight is 383 g/mol. The first-order valence-corrected chi connectivity index (χ1v) is 10.4. The number of carbonyl (C=O) groups is 1. The normalized spacial score (nSPS) is 19.7. The van der Waals surface area contributed by atoms with Gasteiger partial charge in [-0.05, 0) is 59.6 Å². The maximum Gasteiger partial charge on any atom is 0.410 e.